The highest BCUT2D eigenvalue weighted by Gasteiger charge is 2.51. The van der Waals surface area contributed by atoms with E-state index in [0.717, 1.165) is 59.0 Å². The number of anilines is 1. The fraction of sp³-hybridized carbons (Fsp3) is 0.515. The molecule has 1 saturated heterocycles. The van der Waals surface area contributed by atoms with Gasteiger partial charge in [-0.25, -0.2) is 37.8 Å². The second-order valence-electron chi connectivity index (χ2n) is 24.8. The number of quaternary nitrogens is 1. The number of urea groups is 1. The van der Waals surface area contributed by atoms with Crippen LogP contribution in [0.15, 0.2) is 76.9 Å². The molecule has 2 atom stereocenters. The van der Waals surface area contributed by atoms with Crippen molar-refractivity contribution in [2.75, 3.05) is 90.6 Å². The number of cyclic esters (lactones) is 1. The van der Waals surface area contributed by atoms with Crippen molar-refractivity contribution < 1.29 is 70.1 Å². The summed E-state index contributed by atoms with van der Waals surface area (Å²) in [6.07, 6.45) is 10.3. The van der Waals surface area contributed by atoms with Crippen molar-refractivity contribution >= 4 is 79.9 Å². The Morgan fingerprint density at radius 3 is 2.38 bits per heavy atom. The number of benzene rings is 2. The van der Waals surface area contributed by atoms with Gasteiger partial charge in [-0.05, 0) is 99.9 Å². The molecule has 3 aliphatic rings. The van der Waals surface area contributed by atoms with E-state index in [9.17, 15) is 46.8 Å². The number of ether oxygens (including phenoxy) is 5. The maximum absolute atomic E-state index is 14.4. The van der Waals surface area contributed by atoms with Crippen LogP contribution >= 0.6 is 11.8 Å². The first kappa shape index (κ1) is 72.7. The van der Waals surface area contributed by atoms with Gasteiger partial charge in [0.15, 0.2) is 16.7 Å². The van der Waals surface area contributed by atoms with Crippen LogP contribution in [0.25, 0.3) is 22.3 Å². The van der Waals surface area contributed by atoms with Gasteiger partial charge in [0.2, 0.25) is 27.4 Å². The van der Waals surface area contributed by atoms with Crippen LogP contribution in [0.2, 0.25) is 0 Å². The number of aromatic nitrogens is 4. The molecule has 2 aromatic carbocycles. The number of pyridine rings is 2. The number of rotatable bonds is 34. The fourth-order valence-electron chi connectivity index (χ4n) is 12.2. The lowest BCUT2D eigenvalue weighted by molar-refractivity contribution is -0.915. The molecule has 0 radical (unpaired) electrons. The van der Waals surface area contributed by atoms with Gasteiger partial charge >= 0.3 is 18.2 Å². The summed E-state index contributed by atoms with van der Waals surface area (Å²) in [4.78, 5) is 119. The van der Waals surface area contributed by atoms with Gasteiger partial charge < -0.3 is 54.4 Å². The van der Waals surface area contributed by atoms with Gasteiger partial charge in [-0.15, -0.1) is 0 Å². The third-order valence-electron chi connectivity index (χ3n) is 17.5. The Bertz CT molecular complexity index is 3830. The van der Waals surface area contributed by atoms with Crippen molar-refractivity contribution in [2.24, 2.45) is 17.6 Å². The number of nitrogens with zero attached hydrogens (tertiary/aromatic N) is 6. The first-order chi connectivity index (χ1) is 45.5. The second kappa shape index (κ2) is 34.0. The summed E-state index contributed by atoms with van der Waals surface area (Å²) in [5, 5.41) is 9.92. The molecule has 25 nitrogen and oxygen atoms in total. The lowest BCUT2D eigenvalue weighted by Gasteiger charge is -2.40. The number of thioether (sulfide) groups is 1. The molecule has 8 rings (SSSR count). The first-order valence-corrected chi connectivity index (χ1v) is 35.3. The Labute approximate surface area is 558 Å². The van der Waals surface area contributed by atoms with Gasteiger partial charge in [0.25, 0.3) is 5.56 Å². The number of esters is 1. The molecule has 0 bridgehead atoms. The van der Waals surface area contributed by atoms with Gasteiger partial charge in [0.1, 0.15) is 33.0 Å². The molecule has 4 amide bonds. The van der Waals surface area contributed by atoms with Crippen molar-refractivity contribution in [2.45, 2.75) is 134 Å². The zero-order valence-electron chi connectivity index (χ0n) is 55.0. The number of carbonyl (C=O) groups is 7. The number of likely N-dealkylation sites (N-methyl/N-ethyl adjacent to an activating group) is 1. The molecule has 6 heterocycles. The van der Waals surface area contributed by atoms with Gasteiger partial charge in [-0.2, -0.15) is 4.31 Å². The van der Waals surface area contributed by atoms with Crippen LogP contribution in [-0.4, -0.2) is 170 Å². The van der Waals surface area contributed by atoms with Crippen molar-refractivity contribution in [3.05, 3.63) is 111 Å². The number of ketones is 2. The number of hydrogen-bond donors (Lipinski definition) is 4. The largest absolute Gasteiger partial charge is 0.510 e. The maximum Gasteiger partial charge on any atom is 0.510 e. The monoisotopic (exact) mass is 1350 g/mol. The fourth-order valence-corrected chi connectivity index (χ4v) is 13.7. The summed E-state index contributed by atoms with van der Waals surface area (Å²) in [5.74, 6) is 3.80. The van der Waals surface area contributed by atoms with Crippen LogP contribution in [-0.2, 0) is 89.5 Å². The third-order valence-corrected chi connectivity index (χ3v) is 19.5. The number of likely N-dealkylation sites (tertiary alicyclic amines) is 1. The summed E-state index contributed by atoms with van der Waals surface area (Å²) < 4.78 is 57.7. The number of nitrogens with two attached hydrogens (primary N) is 1. The van der Waals surface area contributed by atoms with E-state index in [4.69, 9.17) is 34.4 Å². The molecule has 1 fully saturated rings. The van der Waals surface area contributed by atoms with E-state index < -0.39 is 56.9 Å². The number of carbonyl (C=O) groups excluding carboxylic acids is 7. The molecular formula is C68H87N10O15S2+. The highest BCUT2D eigenvalue weighted by Crippen LogP contribution is 2.42. The molecule has 5 N–H and O–H groups in total. The number of sulfonamides is 1. The lowest BCUT2D eigenvalue weighted by atomic mass is 9.85. The Morgan fingerprint density at radius 1 is 0.937 bits per heavy atom. The summed E-state index contributed by atoms with van der Waals surface area (Å²) >= 11 is 1.47. The van der Waals surface area contributed by atoms with E-state index in [1.54, 1.807) is 54.2 Å². The summed E-state index contributed by atoms with van der Waals surface area (Å²) in [5.41, 5.74) is 7.62. The van der Waals surface area contributed by atoms with E-state index in [1.165, 1.54) is 22.3 Å². The van der Waals surface area contributed by atoms with E-state index >= 15 is 0 Å². The second-order valence-corrected chi connectivity index (χ2v) is 27.5. The SMILES string of the molecule is CC[C@@]1(OC(=O)OCc2ccc(NC(=O)[C@H](CCCNC(N)=O)CC(=O)COCC(=O)CCCOCC[N+]3(C)CCC(CNC(=O)CCCC#Cc4cnc(SC)nc4)CC3)cc2)C(=O)OCc2c1cc1n(c2=O)Cc2c-1nc1ccccc1c2CCN(C(C)C)S(C)(=O)=O. The molecule has 0 saturated carbocycles. The molecule has 3 aromatic heterocycles. The van der Waals surface area contributed by atoms with Gasteiger partial charge in [0, 0.05) is 111 Å². The normalized spacial score (nSPS) is 17.6. The smallest absolute Gasteiger partial charge is 0.457 e. The molecular weight excluding hydrogens is 1260 g/mol. The molecule has 5 aromatic rings. The number of fused-ring (bicyclic) bond motifs is 5. The average molecular weight is 1350 g/mol. The zero-order chi connectivity index (χ0) is 68.3. The van der Waals surface area contributed by atoms with Crippen LogP contribution in [0.4, 0.5) is 15.3 Å². The van der Waals surface area contributed by atoms with Crippen molar-refractivity contribution in [3.8, 4) is 23.2 Å². The number of unbranched alkanes of at least 4 members (excludes halogenated alkanes) is 1. The van der Waals surface area contributed by atoms with Gasteiger partial charge in [-0.1, -0.05) is 60.9 Å². The Hall–Kier alpha value is -8.13. The van der Waals surface area contributed by atoms with Crippen molar-refractivity contribution in [1.82, 2.24) is 34.5 Å². The number of nitrogens with one attached hydrogen (secondary N) is 3. The minimum Gasteiger partial charge on any atom is -0.457 e. The Balaban J connectivity index is 0.755. The topological polar surface area (TPSA) is 326 Å². The summed E-state index contributed by atoms with van der Waals surface area (Å²) in [7, 11) is -1.33. The molecule has 27 heteroatoms. The number of Topliss-reactive ketones (excluding diaryl/α,β-unsaturated/α-hetero) is 2. The molecule has 0 aliphatic carbocycles. The zero-order valence-corrected chi connectivity index (χ0v) is 56.6. The van der Waals surface area contributed by atoms with Crippen LogP contribution in [0.1, 0.15) is 125 Å². The van der Waals surface area contributed by atoms with Crippen molar-refractivity contribution in [3.63, 3.8) is 0 Å². The summed E-state index contributed by atoms with van der Waals surface area (Å²) in [6.45, 7) is 8.77. The number of para-hydroxylation sites is 1. The predicted molar refractivity (Wildman–Crippen MR) is 356 cm³/mol. The third kappa shape index (κ3) is 20.0. The van der Waals surface area contributed by atoms with Crippen molar-refractivity contribution in [1.29, 1.82) is 0 Å². The van der Waals surface area contributed by atoms with Crippen LogP contribution in [0.3, 0.4) is 0 Å². The lowest BCUT2D eigenvalue weighted by Crippen LogP contribution is -2.52. The predicted octanol–water partition coefficient (Wildman–Crippen LogP) is 6.70. The standard InChI is InChI=1S/C68H86N10O15S2/c1-7-68(57-36-59-61-55(40-76(59)63(83)56(57)44-91-64(68)84)53(54-18-11-12-19-58(54)75-61)25-29-77(45(2)3)95(6,87)88)93-67(86)92-41-47-21-23-50(24-22-47)74-62(82)49(16-13-28-70-65(69)85)35-52(80)43-90-42-51(79)17-14-33-89-34-32-78(4)30-26-46(27-31-78)37-71-60(81)20-10-8-9-15-48-38-72-66(94-5)73-39-48/h11-12,18-19,21-24,36,38-39,45-46,49H,7-8,10,13-14,16-17,20,25-35,37,40-44H2,1-6H3,(H4-,69,70,71,74,81,82,85)/p+1/t46?,49-,68+,78?/m1/s1. The maximum atomic E-state index is 14.4. The molecule has 3 aliphatic heterocycles. The van der Waals surface area contributed by atoms with Crippen LogP contribution in [0.5, 0.6) is 0 Å². The van der Waals surface area contributed by atoms with Crippen LogP contribution < -0.4 is 27.2 Å². The Morgan fingerprint density at radius 2 is 1.67 bits per heavy atom. The van der Waals surface area contributed by atoms with Crippen LogP contribution in [0, 0.1) is 23.7 Å². The Kier molecular flexibility index (Phi) is 26.0. The van der Waals surface area contributed by atoms with E-state index in [0.29, 0.717) is 97.5 Å². The first-order valence-electron chi connectivity index (χ1n) is 32.2. The van der Waals surface area contributed by atoms with Gasteiger partial charge in [0.05, 0.1) is 67.6 Å². The minimum absolute atomic E-state index is 0.0435. The average Bonchev–Trinajstić information content (AvgIpc) is 1.63. The molecule has 510 valence electrons. The number of primary amides is 1. The highest BCUT2D eigenvalue weighted by atomic mass is 32.2. The van der Waals surface area contributed by atoms with E-state index in [1.807, 2.05) is 44.4 Å². The molecule has 0 unspecified atom stereocenters. The quantitative estimate of drug-likeness (QED) is 0.00815. The number of hydrogen-bond acceptors (Lipinski definition) is 19. The minimum atomic E-state index is -3.54. The summed E-state index contributed by atoms with van der Waals surface area (Å²) in [6, 6.07) is 14.4. The number of piperidine rings is 1. The molecule has 0 spiro atoms. The van der Waals surface area contributed by atoms with Gasteiger partial charge in [-0.3, -0.25) is 24.0 Å². The van der Waals surface area contributed by atoms with E-state index in [2.05, 4.69) is 44.8 Å². The highest BCUT2D eigenvalue weighted by molar-refractivity contribution is 7.98. The van der Waals surface area contributed by atoms with E-state index in [-0.39, 0.29) is 101 Å². The number of amides is 4. The molecule has 95 heavy (non-hydrogen) atoms.